The van der Waals surface area contributed by atoms with Crippen LogP contribution in [-0.4, -0.2) is 33.4 Å². The Labute approximate surface area is 157 Å². The summed E-state index contributed by atoms with van der Waals surface area (Å²) in [5, 5.41) is 17.8. The van der Waals surface area contributed by atoms with Crippen LogP contribution in [-0.2, 0) is 4.79 Å². The third-order valence-electron chi connectivity index (χ3n) is 3.21. The number of carboxylic acids is 1. The van der Waals surface area contributed by atoms with E-state index in [1.54, 1.807) is 42.7 Å². The predicted octanol–water partition coefficient (Wildman–Crippen LogP) is 4.01. The minimum absolute atomic E-state index is 0.0319. The molecule has 3 aromatic rings. The van der Waals surface area contributed by atoms with Crippen molar-refractivity contribution in [2.75, 3.05) is 7.11 Å². The van der Waals surface area contributed by atoms with Crippen molar-refractivity contribution in [3.8, 4) is 17.2 Å². The van der Waals surface area contributed by atoms with Gasteiger partial charge in [0.25, 0.3) is 11.1 Å². The van der Waals surface area contributed by atoms with Crippen molar-refractivity contribution < 1.29 is 19.1 Å². The third kappa shape index (κ3) is 4.22. The average Bonchev–Trinajstić information content (AvgIpc) is 3.10. The van der Waals surface area contributed by atoms with Crippen molar-refractivity contribution in [1.29, 1.82) is 0 Å². The molecule has 0 aliphatic heterocycles. The van der Waals surface area contributed by atoms with E-state index in [0.717, 1.165) is 11.8 Å². The largest absolute Gasteiger partial charge is 0.496 e. The van der Waals surface area contributed by atoms with Crippen LogP contribution in [0.4, 0.5) is 0 Å². The Morgan fingerprint density at radius 1 is 1.27 bits per heavy atom. The van der Waals surface area contributed by atoms with E-state index in [4.69, 9.17) is 20.8 Å². The molecule has 0 fully saturated rings. The summed E-state index contributed by atoms with van der Waals surface area (Å²) in [6.45, 7) is 0. The Morgan fingerprint density at radius 3 is 2.73 bits per heavy atom. The first-order valence-electron chi connectivity index (χ1n) is 7.27. The normalized spacial score (nSPS) is 11.4. The zero-order valence-corrected chi connectivity index (χ0v) is 15.0. The van der Waals surface area contributed by atoms with Crippen LogP contribution in [0, 0.1) is 0 Å². The number of nitrogens with zero attached hydrogens (tertiary/aromatic N) is 3. The lowest BCUT2D eigenvalue weighted by atomic mass is 10.2. The van der Waals surface area contributed by atoms with Crippen LogP contribution in [0.15, 0.2) is 57.3 Å². The van der Waals surface area contributed by atoms with Crippen molar-refractivity contribution >= 4 is 35.4 Å². The molecule has 7 nitrogen and oxygen atoms in total. The first-order valence-corrected chi connectivity index (χ1v) is 8.46. The quantitative estimate of drug-likeness (QED) is 0.498. The summed E-state index contributed by atoms with van der Waals surface area (Å²) in [6, 6.07) is 8.38. The second-order valence-electron chi connectivity index (χ2n) is 4.91. The predicted molar refractivity (Wildman–Crippen MR) is 97.0 cm³/mol. The molecule has 1 aromatic carbocycles. The number of hydrogen-bond acceptors (Lipinski definition) is 7. The highest BCUT2D eigenvalue weighted by molar-refractivity contribution is 8.03. The summed E-state index contributed by atoms with van der Waals surface area (Å²) >= 11 is 6.86. The number of methoxy groups -OCH3 is 1. The second-order valence-corrected chi connectivity index (χ2v) is 6.34. The molecular weight excluding hydrogens is 378 g/mol. The molecular formula is C17H12ClN3O4S. The Kier molecular flexibility index (Phi) is 5.55. The highest BCUT2D eigenvalue weighted by atomic mass is 35.5. The van der Waals surface area contributed by atoms with E-state index in [1.165, 1.54) is 13.2 Å². The van der Waals surface area contributed by atoms with Crippen LogP contribution in [0.1, 0.15) is 5.56 Å². The van der Waals surface area contributed by atoms with E-state index < -0.39 is 5.97 Å². The number of hydrogen-bond donors (Lipinski definition) is 1. The number of aromatic nitrogens is 3. The van der Waals surface area contributed by atoms with Gasteiger partial charge >= 0.3 is 5.97 Å². The smallest absolute Gasteiger partial charge is 0.342 e. The van der Waals surface area contributed by atoms with Crippen LogP contribution in [0.5, 0.6) is 5.75 Å². The molecule has 0 spiro atoms. The lowest BCUT2D eigenvalue weighted by molar-refractivity contribution is -0.131. The standard InChI is InChI=1S/C17H12ClN3O4S/c1-24-13-3-2-11(18)9-12(13)15-20-21-17(25-15)26-14(16(22)23)8-10-4-6-19-7-5-10/h2-9H,1H3,(H,22,23)/b14-8+. The van der Waals surface area contributed by atoms with Gasteiger partial charge < -0.3 is 14.3 Å². The summed E-state index contributed by atoms with van der Waals surface area (Å²) in [6.07, 6.45) is 4.65. The van der Waals surface area contributed by atoms with Crippen molar-refractivity contribution in [1.82, 2.24) is 15.2 Å². The summed E-state index contributed by atoms with van der Waals surface area (Å²) in [4.78, 5) is 15.4. The van der Waals surface area contributed by atoms with Crippen molar-refractivity contribution in [2.45, 2.75) is 5.22 Å². The molecule has 0 aliphatic carbocycles. The first kappa shape index (κ1) is 18.0. The van der Waals surface area contributed by atoms with Gasteiger partial charge in [-0.05, 0) is 53.7 Å². The van der Waals surface area contributed by atoms with Crippen LogP contribution in [0.25, 0.3) is 17.5 Å². The van der Waals surface area contributed by atoms with Gasteiger partial charge in [0, 0.05) is 17.4 Å². The minimum atomic E-state index is -1.10. The summed E-state index contributed by atoms with van der Waals surface area (Å²) < 4.78 is 10.8. The highest BCUT2D eigenvalue weighted by Crippen LogP contribution is 2.34. The Morgan fingerprint density at radius 2 is 2.04 bits per heavy atom. The fraction of sp³-hybridized carbons (Fsp3) is 0.0588. The minimum Gasteiger partial charge on any atom is -0.496 e. The lowest BCUT2D eigenvalue weighted by Gasteiger charge is -2.04. The molecule has 0 aliphatic rings. The fourth-order valence-corrected chi connectivity index (χ4v) is 2.89. The number of carbonyl (C=O) groups is 1. The second kappa shape index (κ2) is 8.03. The van der Waals surface area contributed by atoms with Gasteiger partial charge in [-0.25, -0.2) is 4.79 Å². The molecule has 0 atom stereocenters. The Bertz CT molecular complexity index is 960. The maximum absolute atomic E-state index is 11.5. The number of halogens is 1. The maximum atomic E-state index is 11.5. The number of rotatable bonds is 6. The van der Waals surface area contributed by atoms with Gasteiger partial charge in [0.1, 0.15) is 10.7 Å². The van der Waals surface area contributed by atoms with Crippen LogP contribution in [0.2, 0.25) is 5.02 Å². The van der Waals surface area contributed by atoms with Gasteiger partial charge in [0.2, 0.25) is 0 Å². The molecule has 0 saturated heterocycles. The zero-order chi connectivity index (χ0) is 18.5. The first-order chi connectivity index (χ1) is 12.6. The zero-order valence-electron chi connectivity index (χ0n) is 13.4. The third-order valence-corrected chi connectivity index (χ3v) is 4.30. The molecule has 2 heterocycles. The van der Waals surface area contributed by atoms with E-state index >= 15 is 0 Å². The molecule has 3 rings (SSSR count). The summed E-state index contributed by atoms with van der Waals surface area (Å²) in [7, 11) is 1.51. The van der Waals surface area contributed by atoms with Crippen molar-refractivity contribution in [2.24, 2.45) is 0 Å². The van der Waals surface area contributed by atoms with Crippen molar-refractivity contribution in [3.05, 3.63) is 58.2 Å². The molecule has 26 heavy (non-hydrogen) atoms. The van der Waals surface area contributed by atoms with Crippen LogP contribution < -0.4 is 4.74 Å². The van der Waals surface area contributed by atoms with Gasteiger partial charge in [-0.1, -0.05) is 11.6 Å². The topological polar surface area (TPSA) is 98.3 Å². The summed E-state index contributed by atoms with van der Waals surface area (Å²) in [5.74, 6) is -0.409. The molecule has 0 unspecified atom stereocenters. The van der Waals surface area contributed by atoms with Crippen LogP contribution >= 0.6 is 23.4 Å². The lowest BCUT2D eigenvalue weighted by Crippen LogP contribution is -1.96. The van der Waals surface area contributed by atoms with Gasteiger partial charge in [-0.15, -0.1) is 10.2 Å². The van der Waals surface area contributed by atoms with E-state index in [0.29, 0.717) is 21.9 Å². The Balaban J connectivity index is 1.89. The van der Waals surface area contributed by atoms with Crippen molar-refractivity contribution in [3.63, 3.8) is 0 Å². The molecule has 9 heteroatoms. The number of pyridine rings is 1. The van der Waals surface area contributed by atoms with E-state index in [9.17, 15) is 9.90 Å². The molecule has 0 bridgehead atoms. The Hall–Kier alpha value is -2.84. The highest BCUT2D eigenvalue weighted by Gasteiger charge is 2.18. The van der Waals surface area contributed by atoms with Crippen LogP contribution in [0.3, 0.4) is 0 Å². The molecule has 132 valence electrons. The number of benzene rings is 1. The molecule has 1 N–H and O–H groups in total. The molecule has 2 aromatic heterocycles. The average molecular weight is 390 g/mol. The van der Waals surface area contributed by atoms with E-state index in [-0.39, 0.29) is 16.0 Å². The fourth-order valence-electron chi connectivity index (χ4n) is 2.05. The maximum Gasteiger partial charge on any atom is 0.342 e. The number of carboxylic acid groups (broad SMARTS) is 1. The van der Waals surface area contributed by atoms with Gasteiger partial charge in [-0.3, -0.25) is 4.98 Å². The van der Waals surface area contributed by atoms with Gasteiger partial charge in [0.05, 0.1) is 12.7 Å². The monoisotopic (exact) mass is 389 g/mol. The van der Waals surface area contributed by atoms with Gasteiger partial charge in [0.15, 0.2) is 0 Å². The number of ether oxygens (including phenoxy) is 1. The molecule has 0 saturated carbocycles. The molecule has 0 amide bonds. The SMILES string of the molecule is COc1ccc(Cl)cc1-c1nnc(S/C(=C/c2ccncc2)C(=O)O)o1. The van der Waals surface area contributed by atoms with E-state index in [2.05, 4.69) is 15.2 Å². The summed E-state index contributed by atoms with van der Waals surface area (Å²) in [5.41, 5.74) is 1.22. The molecule has 0 radical (unpaired) electrons. The number of aliphatic carboxylic acids is 1. The van der Waals surface area contributed by atoms with E-state index in [1.807, 2.05) is 0 Å². The van der Waals surface area contributed by atoms with Gasteiger partial charge in [-0.2, -0.15) is 0 Å². The number of thioether (sulfide) groups is 1.